The number of nitrogens with one attached hydrogen (secondary N) is 1. The van der Waals surface area contributed by atoms with E-state index in [1.807, 2.05) is 0 Å². The standard InChI is InChI=1S/C11H15FN2O5S2/c1-7-4-9(12)10(14(15)16)5-11(7)21(18,19)13-8(2)6-20(3)17/h4-5,8,13H,6H2,1-3H3. The molecule has 1 rings (SSSR count). The van der Waals surface area contributed by atoms with Gasteiger partial charge in [-0.05, 0) is 25.5 Å². The summed E-state index contributed by atoms with van der Waals surface area (Å²) in [5, 5.41) is 10.7. The molecule has 1 aromatic carbocycles. The SMILES string of the molecule is Cc1cc(F)c([N+](=O)[O-])cc1S(=O)(=O)NC(C)CS(C)=O. The van der Waals surface area contributed by atoms with Crippen LogP contribution in [0.25, 0.3) is 0 Å². The van der Waals surface area contributed by atoms with E-state index in [4.69, 9.17) is 0 Å². The second-order valence-corrected chi connectivity index (χ2v) is 7.75. The van der Waals surface area contributed by atoms with Crippen LogP contribution in [0.3, 0.4) is 0 Å². The molecule has 0 aromatic heterocycles. The van der Waals surface area contributed by atoms with Crippen molar-refractivity contribution in [2.45, 2.75) is 24.8 Å². The van der Waals surface area contributed by atoms with Gasteiger partial charge in [-0.2, -0.15) is 4.39 Å². The van der Waals surface area contributed by atoms with Crippen molar-refractivity contribution in [1.29, 1.82) is 0 Å². The third-order valence-electron chi connectivity index (χ3n) is 2.57. The highest BCUT2D eigenvalue weighted by atomic mass is 32.2. The zero-order valence-corrected chi connectivity index (χ0v) is 13.3. The molecule has 0 aliphatic carbocycles. The first-order valence-corrected chi connectivity index (χ1v) is 9.02. The van der Waals surface area contributed by atoms with Crippen molar-refractivity contribution >= 4 is 26.5 Å². The summed E-state index contributed by atoms with van der Waals surface area (Å²) in [6, 6.07) is 0.863. The van der Waals surface area contributed by atoms with E-state index in [9.17, 15) is 27.1 Å². The highest BCUT2D eigenvalue weighted by molar-refractivity contribution is 7.89. The van der Waals surface area contributed by atoms with Gasteiger partial charge in [0, 0.05) is 34.9 Å². The highest BCUT2D eigenvalue weighted by Crippen LogP contribution is 2.25. The van der Waals surface area contributed by atoms with Crippen LogP contribution in [0.4, 0.5) is 10.1 Å². The molecule has 0 heterocycles. The molecule has 21 heavy (non-hydrogen) atoms. The summed E-state index contributed by atoms with van der Waals surface area (Å²) in [5.74, 6) is -0.999. The third kappa shape index (κ3) is 4.55. The van der Waals surface area contributed by atoms with Gasteiger partial charge in [0.05, 0.1) is 9.82 Å². The molecule has 0 radical (unpaired) electrons. The van der Waals surface area contributed by atoms with Crippen molar-refractivity contribution in [3.05, 3.63) is 33.6 Å². The molecule has 10 heteroatoms. The van der Waals surface area contributed by atoms with Crippen LogP contribution >= 0.6 is 0 Å². The van der Waals surface area contributed by atoms with E-state index in [2.05, 4.69) is 4.72 Å². The third-order valence-corrected chi connectivity index (χ3v) is 5.27. The van der Waals surface area contributed by atoms with E-state index in [-0.39, 0.29) is 16.2 Å². The number of hydrogen-bond acceptors (Lipinski definition) is 5. The summed E-state index contributed by atoms with van der Waals surface area (Å²) in [6.07, 6.45) is 1.43. The smallest absolute Gasteiger partial charge is 0.260 e. The van der Waals surface area contributed by atoms with Crippen LogP contribution in [0, 0.1) is 22.9 Å². The van der Waals surface area contributed by atoms with Gasteiger partial charge < -0.3 is 0 Å². The Morgan fingerprint density at radius 1 is 1.48 bits per heavy atom. The number of hydrogen-bond donors (Lipinski definition) is 1. The van der Waals surface area contributed by atoms with Crippen LogP contribution in [0.2, 0.25) is 0 Å². The van der Waals surface area contributed by atoms with Gasteiger partial charge in [-0.25, -0.2) is 13.1 Å². The lowest BCUT2D eigenvalue weighted by Gasteiger charge is -2.14. The van der Waals surface area contributed by atoms with Crippen molar-refractivity contribution in [2.75, 3.05) is 12.0 Å². The number of nitro groups is 1. The van der Waals surface area contributed by atoms with Gasteiger partial charge >= 0.3 is 5.69 Å². The lowest BCUT2D eigenvalue weighted by atomic mass is 10.2. The number of halogens is 1. The maximum atomic E-state index is 13.4. The average molecular weight is 338 g/mol. The Hall–Kier alpha value is -1.39. The molecule has 0 amide bonds. The van der Waals surface area contributed by atoms with Crippen LogP contribution in [0.15, 0.2) is 17.0 Å². The number of nitrogens with zero attached hydrogens (tertiary/aromatic N) is 1. The maximum Gasteiger partial charge on any atom is 0.306 e. The number of benzene rings is 1. The van der Waals surface area contributed by atoms with Crippen LogP contribution in [0.1, 0.15) is 12.5 Å². The molecule has 0 saturated heterocycles. The number of aryl methyl sites for hydroxylation is 1. The van der Waals surface area contributed by atoms with E-state index >= 15 is 0 Å². The molecule has 7 nitrogen and oxygen atoms in total. The lowest BCUT2D eigenvalue weighted by Crippen LogP contribution is -2.36. The molecule has 0 aliphatic rings. The Bertz CT molecular complexity index is 690. The van der Waals surface area contributed by atoms with Gasteiger partial charge in [0.15, 0.2) is 0 Å². The number of nitro benzene ring substituents is 1. The predicted octanol–water partition coefficient (Wildman–Crippen LogP) is 1.09. The van der Waals surface area contributed by atoms with Crippen molar-refractivity contribution in [3.63, 3.8) is 0 Å². The van der Waals surface area contributed by atoms with Crippen LogP contribution < -0.4 is 4.72 Å². The molecule has 2 atom stereocenters. The molecule has 2 unspecified atom stereocenters. The Balaban J connectivity index is 3.22. The number of sulfonamides is 1. The van der Waals surface area contributed by atoms with E-state index in [1.54, 1.807) is 0 Å². The van der Waals surface area contributed by atoms with Crippen LogP contribution in [0.5, 0.6) is 0 Å². The Kier molecular flexibility index (Phi) is 5.54. The first-order chi connectivity index (χ1) is 9.54. The minimum atomic E-state index is -4.06. The Morgan fingerprint density at radius 3 is 2.52 bits per heavy atom. The largest absolute Gasteiger partial charge is 0.306 e. The zero-order valence-electron chi connectivity index (χ0n) is 11.6. The van der Waals surface area contributed by atoms with E-state index < -0.39 is 43.3 Å². The highest BCUT2D eigenvalue weighted by Gasteiger charge is 2.25. The Morgan fingerprint density at radius 2 is 2.05 bits per heavy atom. The topological polar surface area (TPSA) is 106 Å². The summed E-state index contributed by atoms with van der Waals surface area (Å²) >= 11 is 0. The minimum Gasteiger partial charge on any atom is -0.260 e. The first-order valence-electron chi connectivity index (χ1n) is 5.81. The fourth-order valence-corrected chi connectivity index (χ4v) is 4.17. The van der Waals surface area contributed by atoms with Gasteiger partial charge in [-0.1, -0.05) is 0 Å². The van der Waals surface area contributed by atoms with Gasteiger partial charge in [-0.3, -0.25) is 14.3 Å². The molecule has 0 bridgehead atoms. The van der Waals surface area contributed by atoms with Gasteiger partial charge in [0.1, 0.15) is 0 Å². The van der Waals surface area contributed by atoms with E-state index in [0.717, 1.165) is 6.07 Å². The summed E-state index contributed by atoms with van der Waals surface area (Å²) in [7, 11) is -5.27. The second kappa shape index (κ2) is 6.58. The normalized spacial score (nSPS) is 14.7. The first kappa shape index (κ1) is 17.7. The zero-order chi connectivity index (χ0) is 16.4. The van der Waals surface area contributed by atoms with Crippen molar-refractivity contribution in [2.24, 2.45) is 0 Å². The van der Waals surface area contributed by atoms with Crippen LogP contribution in [-0.2, 0) is 20.8 Å². The van der Waals surface area contributed by atoms with E-state index in [1.165, 1.54) is 20.1 Å². The maximum absolute atomic E-state index is 13.4. The monoisotopic (exact) mass is 338 g/mol. The fourth-order valence-electron chi connectivity index (χ4n) is 1.79. The van der Waals surface area contributed by atoms with Gasteiger partial charge in [0.25, 0.3) is 0 Å². The average Bonchev–Trinajstić information content (AvgIpc) is 2.25. The quantitative estimate of drug-likeness (QED) is 0.617. The summed E-state index contributed by atoms with van der Waals surface area (Å²) in [4.78, 5) is 9.33. The Labute approximate surface area is 124 Å². The lowest BCUT2D eigenvalue weighted by molar-refractivity contribution is -0.387. The molecule has 118 valence electrons. The summed E-state index contributed by atoms with van der Waals surface area (Å²) in [6.45, 7) is 2.86. The molecule has 0 spiro atoms. The van der Waals surface area contributed by atoms with Crippen molar-refractivity contribution < 1.29 is 21.9 Å². The molecule has 1 aromatic rings. The van der Waals surface area contributed by atoms with E-state index in [0.29, 0.717) is 6.07 Å². The predicted molar refractivity (Wildman–Crippen MR) is 76.5 cm³/mol. The summed E-state index contributed by atoms with van der Waals surface area (Å²) < 4.78 is 51.1. The van der Waals surface area contributed by atoms with Gasteiger partial charge in [-0.15, -0.1) is 0 Å². The van der Waals surface area contributed by atoms with Gasteiger partial charge in [0.2, 0.25) is 15.8 Å². The summed E-state index contributed by atoms with van der Waals surface area (Å²) in [5.41, 5.74) is -0.858. The molecular formula is C11H15FN2O5S2. The number of rotatable bonds is 6. The minimum absolute atomic E-state index is 0.0513. The molecule has 0 aliphatic heterocycles. The van der Waals surface area contributed by atoms with Crippen molar-refractivity contribution in [1.82, 2.24) is 4.72 Å². The molecule has 1 N–H and O–H groups in total. The fraction of sp³-hybridized carbons (Fsp3) is 0.455. The molecule has 0 saturated carbocycles. The molecular weight excluding hydrogens is 323 g/mol. The second-order valence-electron chi connectivity index (χ2n) is 4.59. The van der Waals surface area contributed by atoms with Crippen LogP contribution in [-0.4, -0.2) is 35.6 Å². The van der Waals surface area contributed by atoms with Crippen molar-refractivity contribution in [3.8, 4) is 0 Å². The molecule has 0 fully saturated rings.